The summed E-state index contributed by atoms with van der Waals surface area (Å²) in [5.41, 5.74) is 1.71. The molecular formula is C11H9BrN4O. The van der Waals surface area contributed by atoms with Gasteiger partial charge >= 0.3 is 0 Å². The summed E-state index contributed by atoms with van der Waals surface area (Å²) in [6.45, 7) is 0.261. The van der Waals surface area contributed by atoms with Crippen molar-refractivity contribution in [3.05, 3.63) is 34.4 Å². The maximum atomic E-state index is 9.01. The first-order chi connectivity index (χ1) is 8.27. The lowest BCUT2D eigenvalue weighted by atomic mass is 10.1. The Balaban J connectivity index is 2.61. The first kappa shape index (κ1) is 11.8. The number of nitriles is 1. The molecule has 5 nitrogen and oxygen atoms in total. The Bertz CT molecular complexity index is 573. The molecule has 6 heteroatoms. The quantitative estimate of drug-likeness (QED) is 0.932. The summed E-state index contributed by atoms with van der Waals surface area (Å²) in [5.74, 6) is 0. The molecule has 0 amide bonds. The number of benzene rings is 1. The van der Waals surface area contributed by atoms with Crippen molar-refractivity contribution in [2.45, 2.75) is 6.54 Å². The van der Waals surface area contributed by atoms with Crippen LogP contribution in [0.5, 0.6) is 0 Å². The van der Waals surface area contributed by atoms with Crippen LogP contribution in [0.1, 0.15) is 5.69 Å². The molecule has 0 radical (unpaired) electrons. The van der Waals surface area contributed by atoms with Crippen molar-refractivity contribution in [1.82, 2.24) is 15.0 Å². The fourth-order valence-corrected chi connectivity index (χ4v) is 2.03. The number of hydrogen-bond acceptors (Lipinski definition) is 4. The molecule has 0 saturated heterocycles. The van der Waals surface area contributed by atoms with Crippen LogP contribution in [0.3, 0.4) is 0 Å². The largest absolute Gasteiger partial charge is 0.394 e. The van der Waals surface area contributed by atoms with E-state index in [-0.39, 0.29) is 12.3 Å². The van der Waals surface area contributed by atoms with Gasteiger partial charge in [-0.1, -0.05) is 39.3 Å². The summed E-state index contributed by atoms with van der Waals surface area (Å²) in [6.07, 6.45) is 0. The molecule has 1 heterocycles. The third-order valence-electron chi connectivity index (χ3n) is 2.28. The van der Waals surface area contributed by atoms with E-state index in [2.05, 4.69) is 26.2 Å². The molecule has 0 bridgehead atoms. The van der Waals surface area contributed by atoms with Gasteiger partial charge in [0.25, 0.3) is 0 Å². The van der Waals surface area contributed by atoms with Gasteiger partial charge in [0, 0.05) is 10.0 Å². The summed E-state index contributed by atoms with van der Waals surface area (Å²) >= 11 is 3.43. The Hall–Kier alpha value is -1.71. The van der Waals surface area contributed by atoms with Gasteiger partial charge in [-0.2, -0.15) is 5.26 Å². The van der Waals surface area contributed by atoms with Gasteiger partial charge in [-0.15, -0.1) is 5.10 Å². The van der Waals surface area contributed by atoms with Gasteiger partial charge in [-0.3, -0.25) is 0 Å². The zero-order chi connectivity index (χ0) is 12.3. The highest BCUT2D eigenvalue weighted by molar-refractivity contribution is 9.10. The van der Waals surface area contributed by atoms with Crippen LogP contribution in [-0.2, 0) is 6.54 Å². The van der Waals surface area contributed by atoms with Gasteiger partial charge in [0.15, 0.2) is 5.69 Å². The van der Waals surface area contributed by atoms with Crippen LogP contribution in [0.4, 0.5) is 0 Å². The van der Waals surface area contributed by atoms with Crippen LogP contribution in [-0.4, -0.2) is 26.7 Å². The summed E-state index contributed by atoms with van der Waals surface area (Å²) in [4.78, 5) is 0. The van der Waals surface area contributed by atoms with Crippen LogP contribution in [0.2, 0.25) is 0 Å². The van der Waals surface area contributed by atoms with E-state index in [1.165, 1.54) is 4.68 Å². The zero-order valence-corrected chi connectivity index (χ0v) is 10.4. The maximum Gasteiger partial charge on any atom is 0.190 e. The van der Waals surface area contributed by atoms with Gasteiger partial charge in [0.1, 0.15) is 11.8 Å². The second-order valence-electron chi connectivity index (χ2n) is 3.33. The topological polar surface area (TPSA) is 74.7 Å². The van der Waals surface area contributed by atoms with Crippen LogP contribution in [0, 0.1) is 11.3 Å². The van der Waals surface area contributed by atoms with Crippen molar-refractivity contribution in [3.8, 4) is 17.3 Å². The highest BCUT2D eigenvalue weighted by Crippen LogP contribution is 2.29. The van der Waals surface area contributed by atoms with Gasteiger partial charge in [0.05, 0.1) is 13.2 Å². The van der Waals surface area contributed by atoms with E-state index in [0.29, 0.717) is 12.2 Å². The van der Waals surface area contributed by atoms with E-state index in [1.807, 2.05) is 30.3 Å². The van der Waals surface area contributed by atoms with E-state index in [4.69, 9.17) is 10.4 Å². The molecule has 2 rings (SSSR count). The standard InChI is InChI=1S/C11H9BrN4O/c12-9-4-2-1-3-8(9)11-10(7-13)14-15-16(11)5-6-17/h1-4,17H,5-6H2. The Morgan fingerprint density at radius 1 is 1.41 bits per heavy atom. The number of rotatable bonds is 3. The van der Waals surface area contributed by atoms with E-state index in [1.54, 1.807) is 0 Å². The molecule has 1 aromatic carbocycles. The average Bonchev–Trinajstić information content (AvgIpc) is 2.73. The van der Waals surface area contributed by atoms with E-state index in [0.717, 1.165) is 10.0 Å². The Kier molecular flexibility index (Phi) is 3.52. The molecule has 1 N–H and O–H groups in total. The number of hydrogen-bond donors (Lipinski definition) is 1. The molecule has 2 aromatic rings. The lowest BCUT2D eigenvalue weighted by Crippen LogP contribution is -2.06. The van der Waals surface area contributed by atoms with Gasteiger partial charge in [0.2, 0.25) is 0 Å². The van der Waals surface area contributed by atoms with Gasteiger partial charge in [-0.05, 0) is 6.07 Å². The van der Waals surface area contributed by atoms with Crippen molar-refractivity contribution in [2.75, 3.05) is 6.61 Å². The third kappa shape index (κ3) is 2.20. The van der Waals surface area contributed by atoms with Crippen LogP contribution in [0.25, 0.3) is 11.3 Å². The molecule has 0 fully saturated rings. The van der Waals surface area contributed by atoms with E-state index < -0.39 is 0 Å². The van der Waals surface area contributed by atoms with Crippen LogP contribution >= 0.6 is 15.9 Å². The lowest BCUT2D eigenvalue weighted by Gasteiger charge is -2.06. The van der Waals surface area contributed by atoms with E-state index >= 15 is 0 Å². The molecule has 0 saturated carbocycles. The minimum Gasteiger partial charge on any atom is -0.394 e. The Morgan fingerprint density at radius 3 is 2.82 bits per heavy atom. The molecule has 0 aliphatic rings. The lowest BCUT2D eigenvalue weighted by molar-refractivity contribution is 0.269. The minimum absolute atomic E-state index is 0.0499. The maximum absolute atomic E-state index is 9.01. The van der Waals surface area contributed by atoms with Crippen molar-refractivity contribution < 1.29 is 5.11 Å². The fraction of sp³-hybridized carbons (Fsp3) is 0.182. The molecule has 0 unspecified atom stereocenters. The summed E-state index contributed by atoms with van der Waals surface area (Å²) < 4.78 is 2.39. The van der Waals surface area contributed by atoms with E-state index in [9.17, 15) is 0 Å². The number of aliphatic hydroxyl groups excluding tert-OH is 1. The van der Waals surface area contributed by atoms with Crippen molar-refractivity contribution in [1.29, 1.82) is 5.26 Å². The molecular weight excluding hydrogens is 284 g/mol. The highest BCUT2D eigenvalue weighted by atomic mass is 79.9. The highest BCUT2D eigenvalue weighted by Gasteiger charge is 2.16. The molecule has 0 spiro atoms. The second-order valence-corrected chi connectivity index (χ2v) is 4.18. The monoisotopic (exact) mass is 292 g/mol. The minimum atomic E-state index is -0.0499. The Labute approximate surface area is 106 Å². The average molecular weight is 293 g/mol. The molecule has 0 aliphatic heterocycles. The summed E-state index contributed by atoms with van der Waals surface area (Å²) in [6, 6.07) is 9.52. The summed E-state index contributed by atoms with van der Waals surface area (Å²) in [5, 5.41) is 25.6. The normalized spacial score (nSPS) is 10.2. The predicted octanol–water partition coefficient (Wildman–Crippen LogP) is 1.57. The predicted molar refractivity (Wildman–Crippen MR) is 65.0 cm³/mol. The molecule has 0 atom stereocenters. The zero-order valence-electron chi connectivity index (χ0n) is 8.84. The molecule has 86 valence electrons. The number of aromatic nitrogens is 3. The molecule has 1 aromatic heterocycles. The Morgan fingerprint density at radius 2 is 2.18 bits per heavy atom. The first-order valence-electron chi connectivity index (χ1n) is 4.97. The van der Waals surface area contributed by atoms with Crippen LogP contribution < -0.4 is 0 Å². The third-order valence-corrected chi connectivity index (χ3v) is 2.97. The molecule has 0 aliphatic carbocycles. The van der Waals surface area contributed by atoms with Crippen molar-refractivity contribution in [2.24, 2.45) is 0 Å². The summed E-state index contributed by atoms with van der Waals surface area (Å²) in [7, 11) is 0. The molecule has 17 heavy (non-hydrogen) atoms. The number of aliphatic hydroxyl groups is 1. The number of nitrogens with zero attached hydrogens (tertiary/aromatic N) is 4. The first-order valence-corrected chi connectivity index (χ1v) is 5.76. The SMILES string of the molecule is N#Cc1nnn(CCO)c1-c1ccccc1Br. The van der Waals surface area contributed by atoms with Gasteiger partial charge in [-0.25, -0.2) is 4.68 Å². The number of halogens is 1. The van der Waals surface area contributed by atoms with Crippen molar-refractivity contribution >= 4 is 15.9 Å². The van der Waals surface area contributed by atoms with Crippen molar-refractivity contribution in [3.63, 3.8) is 0 Å². The van der Waals surface area contributed by atoms with Gasteiger partial charge < -0.3 is 5.11 Å². The second kappa shape index (κ2) is 5.08. The fourth-order valence-electron chi connectivity index (χ4n) is 1.56. The van der Waals surface area contributed by atoms with Crippen LogP contribution in [0.15, 0.2) is 28.7 Å². The smallest absolute Gasteiger partial charge is 0.190 e.